The minimum absolute atomic E-state index is 0.0754. The highest BCUT2D eigenvalue weighted by atomic mass is 79.9. The van der Waals surface area contributed by atoms with Gasteiger partial charge in [0, 0.05) is 27.1 Å². The molecule has 0 spiro atoms. The highest BCUT2D eigenvalue weighted by Crippen LogP contribution is 2.21. The number of benzene rings is 2. The van der Waals surface area contributed by atoms with E-state index < -0.39 is 5.91 Å². The van der Waals surface area contributed by atoms with Crippen LogP contribution in [0.4, 0.5) is 0 Å². The lowest BCUT2D eigenvalue weighted by Gasteiger charge is -2.09. The van der Waals surface area contributed by atoms with Crippen LogP contribution in [0.5, 0.6) is 5.75 Å². The zero-order valence-electron chi connectivity index (χ0n) is 14.4. The number of hydrogen-bond donors (Lipinski definition) is 2. The molecule has 0 fully saturated rings. The summed E-state index contributed by atoms with van der Waals surface area (Å²) in [5, 5.41) is 13.7. The Balaban J connectivity index is 1.79. The Hall–Kier alpha value is -2.86. The summed E-state index contributed by atoms with van der Waals surface area (Å²) in [7, 11) is 0. The van der Waals surface area contributed by atoms with Gasteiger partial charge in [0.05, 0.1) is 11.8 Å². The molecule has 2 N–H and O–H groups in total. The van der Waals surface area contributed by atoms with Gasteiger partial charge in [-0.3, -0.25) is 4.79 Å². The second-order valence-corrected chi connectivity index (χ2v) is 6.77. The van der Waals surface area contributed by atoms with E-state index in [4.69, 9.17) is 0 Å². The maximum Gasteiger partial charge on any atom is 0.275 e. The van der Waals surface area contributed by atoms with Crippen molar-refractivity contribution in [2.75, 3.05) is 0 Å². The molecule has 1 aromatic heterocycles. The van der Waals surface area contributed by atoms with Gasteiger partial charge in [-0.05, 0) is 56.3 Å². The maximum absolute atomic E-state index is 12.1. The van der Waals surface area contributed by atoms with Gasteiger partial charge in [-0.15, -0.1) is 0 Å². The Morgan fingerprint density at radius 2 is 1.85 bits per heavy atom. The van der Waals surface area contributed by atoms with Crippen molar-refractivity contribution in [1.82, 2.24) is 9.99 Å². The molecule has 132 valence electrons. The number of phenolic OH excluding ortho intramolecular Hbond substituents is 1. The number of halogens is 1. The van der Waals surface area contributed by atoms with Gasteiger partial charge in [0.1, 0.15) is 5.75 Å². The van der Waals surface area contributed by atoms with Crippen molar-refractivity contribution in [3.05, 3.63) is 81.6 Å². The number of carbonyl (C=O) groups excluding carboxylic acids is 1. The van der Waals surface area contributed by atoms with Crippen LogP contribution < -0.4 is 5.43 Å². The number of nitrogens with one attached hydrogen (secondary N) is 1. The SMILES string of the molecule is Cc1cc(C=NNC(=O)c2ccccc2O)c(C)n1-c1ccc(Br)cc1. The first kappa shape index (κ1) is 17.9. The normalized spacial score (nSPS) is 11.0. The molecule has 0 radical (unpaired) electrons. The minimum atomic E-state index is -0.457. The molecule has 0 saturated carbocycles. The Morgan fingerprint density at radius 3 is 2.54 bits per heavy atom. The van der Waals surface area contributed by atoms with Gasteiger partial charge < -0.3 is 9.67 Å². The first-order valence-corrected chi connectivity index (χ1v) is 8.83. The number of hydrogen-bond acceptors (Lipinski definition) is 3. The van der Waals surface area contributed by atoms with Crippen molar-refractivity contribution in [3.63, 3.8) is 0 Å². The van der Waals surface area contributed by atoms with E-state index in [1.165, 1.54) is 6.07 Å². The summed E-state index contributed by atoms with van der Waals surface area (Å²) in [5.74, 6) is -0.533. The molecule has 6 heteroatoms. The van der Waals surface area contributed by atoms with Crippen LogP contribution in [0.15, 0.2) is 64.2 Å². The summed E-state index contributed by atoms with van der Waals surface area (Å²) in [6.07, 6.45) is 1.61. The fraction of sp³-hybridized carbons (Fsp3) is 0.100. The fourth-order valence-electron chi connectivity index (χ4n) is 2.79. The molecule has 0 saturated heterocycles. The summed E-state index contributed by atoms with van der Waals surface area (Å²) in [6, 6.07) is 16.4. The molecule has 0 aliphatic rings. The number of hydrazone groups is 1. The van der Waals surface area contributed by atoms with E-state index in [-0.39, 0.29) is 11.3 Å². The lowest BCUT2D eigenvalue weighted by molar-refractivity contribution is 0.0952. The standard InChI is InChI=1S/C20H18BrN3O2/c1-13-11-15(14(2)24(13)17-9-7-16(21)8-10-17)12-22-23-20(26)18-5-3-4-6-19(18)25/h3-12,25H,1-2H3,(H,23,26). The molecular weight excluding hydrogens is 394 g/mol. The zero-order valence-corrected chi connectivity index (χ0v) is 16.0. The van der Waals surface area contributed by atoms with E-state index in [1.807, 2.05) is 44.2 Å². The Bertz CT molecular complexity index is 975. The molecule has 26 heavy (non-hydrogen) atoms. The van der Waals surface area contributed by atoms with Gasteiger partial charge in [-0.2, -0.15) is 5.10 Å². The van der Waals surface area contributed by atoms with Gasteiger partial charge in [-0.25, -0.2) is 5.43 Å². The lowest BCUT2D eigenvalue weighted by Crippen LogP contribution is -2.17. The Kier molecular flexibility index (Phi) is 5.23. The van der Waals surface area contributed by atoms with Crippen molar-refractivity contribution in [2.24, 2.45) is 5.10 Å². The highest BCUT2D eigenvalue weighted by molar-refractivity contribution is 9.10. The van der Waals surface area contributed by atoms with Crippen LogP contribution in [0.1, 0.15) is 27.3 Å². The molecular formula is C20H18BrN3O2. The average molecular weight is 412 g/mol. The molecule has 3 rings (SSSR count). The lowest BCUT2D eigenvalue weighted by atomic mass is 10.2. The van der Waals surface area contributed by atoms with Crippen LogP contribution in [0.25, 0.3) is 5.69 Å². The van der Waals surface area contributed by atoms with Crippen LogP contribution >= 0.6 is 15.9 Å². The zero-order chi connectivity index (χ0) is 18.7. The first-order chi connectivity index (χ1) is 12.5. The van der Waals surface area contributed by atoms with E-state index in [1.54, 1.807) is 24.4 Å². The van der Waals surface area contributed by atoms with Crippen LogP contribution in [-0.4, -0.2) is 21.8 Å². The number of amides is 1. The summed E-state index contributed by atoms with van der Waals surface area (Å²) in [6.45, 7) is 4.02. The average Bonchev–Trinajstić information content (AvgIpc) is 2.90. The maximum atomic E-state index is 12.1. The molecule has 5 nitrogen and oxygen atoms in total. The van der Waals surface area contributed by atoms with Crippen molar-refractivity contribution >= 4 is 28.1 Å². The molecule has 0 atom stereocenters. The van der Waals surface area contributed by atoms with Crippen LogP contribution in [0.3, 0.4) is 0 Å². The molecule has 1 heterocycles. The van der Waals surface area contributed by atoms with E-state index in [0.717, 1.165) is 27.1 Å². The predicted molar refractivity (Wildman–Crippen MR) is 106 cm³/mol. The van der Waals surface area contributed by atoms with Crippen molar-refractivity contribution in [3.8, 4) is 11.4 Å². The van der Waals surface area contributed by atoms with Gasteiger partial charge >= 0.3 is 0 Å². The topological polar surface area (TPSA) is 66.6 Å². The number of nitrogens with zero attached hydrogens (tertiary/aromatic N) is 2. The summed E-state index contributed by atoms with van der Waals surface area (Å²) >= 11 is 3.44. The van der Waals surface area contributed by atoms with Crippen molar-refractivity contribution in [1.29, 1.82) is 0 Å². The fourth-order valence-corrected chi connectivity index (χ4v) is 3.06. The molecule has 1 amide bonds. The van der Waals surface area contributed by atoms with Crippen molar-refractivity contribution < 1.29 is 9.90 Å². The smallest absolute Gasteiger partial charge is 0.275 e. The third-order valence-electron chi connectivity index (χ3n) is 4.07. The van der Waals surface area contributed by atoms with Gasteiger partial charge in [0.15, 0.2) is 0 Å². The second kappa shape index (κ2) is 7.58. The highest BCUT2D eigenvalue weighted by Gasteiger charge is 2.11. The number of carbonyl (C=O) groups is 1. The monoisotopic (exact) mass is 411 g/mol. The molecule has 0 unspecified atom stereocenters. The number of aryl methyl sites for hydroxylation is 1. The quantitative estimate of drug-likeness (QED) is 0.495. The largest absolute Gasteiger partial charge is 0.507 e. The third kappa shape index (κ3) is 3.70. The number of aromatic nitrogens is 1. The second-order valence-electron chi connectivity index (χ2n) is 5.85. The van der Waals surface area contributed by atoms with Gasteiger partial charge in [0.25, 0.3) is 5.91 Å². The minimum Gasteiger partial charge on any atom is -0.507 e. The summed E-state index contributed by atoms with van der Waals surface area (Å²) in [5.41, 5.74) is 6.68. The van der Waals surface area contributed by atoms with Crippen LogP contribution in [0.2, 0.25) is 0 Å². The Labute approximate surface area is 160 Å². The van der Waals surface area contributed by atoms with E-state index in [9.17, 15) is 9.90 Å². The van der Waals surface area contributed by atoms with Crippen molar-refractivity contribution in [2.45, 2.75) is 13.8 Å². The first-order valence-electron chi connectivity index (χ1n) is 8.03. The molecule has 0 bridgehead atoms. The van der Waals surface area contributed by atoms with Crippen LogP contribution in [0, 0.1) is 13.8 Å². The Morgan fingerprint density at radius 1 is 1.15 bits per heavy atom. The van der Waals surface area contributed by atoms with Crippen LogP contribution in [-0.2, 0) is 0 Å². The third-order valence-corrected chi connectivity index (χ3v) is 4.60. The number of rotatable bonds is 4. The van der Waals surface area contributed by atoms with E-state index in [2.05, 4.69) is 31.0 Å². The van der Waals surface area contributed by atoms with Gasteiger partial charge in [-0.1, -0.05) is 28.1 Å². The predicted octanol–water partition coefficient (Wildman–Crippen LogP) is 4.33. The summed E-state index contributed by atoms with van der Waals surface area (Å²) in [4.78, 5) is 12.1. The summed E-state index contributed by atoms with van der Waals surface area (Å²) < 4.78 is 3.15. The number of para-hydroxylation sites is 1. The molecule has 0 aliphatic heterocycles. The number of aromatic hydroxyl groups is 1. The van der Waals surface area contributed by atoms with Gasteiger partial charge in [0.2, 0.25) is 0 Å². The number of phenols is 1. The van der Waals surface area contributed by atoms with E-state index >= 15 is 0 Å². The molecule has 0 aliphatic carbocycles. The van der Waals surface area contributed by atoms with E-state index in [0.29, 0.717) is 0 Å². The molecule has 2 aromatic carbocycles. The molecule has 3 aromatic rings.